The van der Waals surface area contributed by atoms with Crippen LogP contribution in [0.1, 0.15) is 49.4 Å². The standard InChI is InChI=1S/C19H27ClN2O2.C4H4O4/c1-2-21-12-17(18(23)13-21)22(16-6-4-3-5-7-16)19(24)14-8-10-15(20)11-9-14;5-3(6)1-2-4(7)8/h8-11,16-18,23H,2-7,12-13H2,1H3;1-2H,(H,5,6)(H,7,8). The van der Waals surface area contributed by atoms with E-state index in [4.69, 9.17) is 21.8 Å². The fourth-order valence-corrected chi connectivity index (χ4v) is 4.34. The average molecular weight is 467 g/mol. The third kappa shape index (κ3) is 7.62. The smallest absolute Gasteiger partial charge is 0.328 e. The molecule has 0 radical (unpaired) electrons. The molecule has 1 saturated heterocycles. The van der Waals surface area contributed by atoms with Gasteiger partial charge < -0.3 is 20.2 Å². The Balaban J connectivity index is 0.000000390. The molecule has 2 atom stereocenters. The first kappa shape index (κ1) is 25.8. The zero-order valence-corrected chi connectivity index (χ0v) is 18.9. The average Bonchev–Trinajstić information content (AvgIpc) is 3.14. The summed E-state index contributed by atoms with van der Waals surface area (Å²) in [5.74, 6) is -2.49. The van der Waals surface area contributed by atoms with Gasteiger partial charge in [0, 0.05) is 41.9 Å². The molecule has 8 nitrogen and oxygen atoms in total. The summed E-state index contributed by atoms with van der Waals surface area (Å²) in [7, 11) is 0. The molecule has 2 fully saturated rings. The molecule has 1 aliphatic carbocycles. The SMILES string of the molecule is CCN1CC(O)C(N(C(=O)c2ccc(Cl)cc2)C2CCCCC2)C1.O=C(O)C=CC(=O)O. The van der Waals surface area contributed by atoms with Gasteiger partial charge >= 0.3 is 11.9 Å². The van der Waals surface area contributed by atoms with E-state index >= 15 is 0 Å². The number of aliphatic hydroxyl groups is 1. The van der Waals surface area contributed by atoms with E-state index in [0.717, 1.165) is 38.8 Å². The normalized spacial score (nSPS) is 21.7. The van der Waals surface area contributed by atoms with Crippen LogP contribution >= 0.6 is 11.6 Å². The third-order valence-electron chi connectivity index (χ3n) is 5.80. The van der Waals surface area contributed by atoms with Crippen LogP contribution in [0.3, 0.4) is 0 Å². The van der Waals surface area contributed by atoms with Crippen molar-refractivity contribution in [2.45, 2.75) is 57.2 Å². The largest absolute Gasteiger partial charge is 0.478 e. The van der Waals surface area contributed by atoms with Gasteiger partial charge in [0.05, 0.1) is 12.1 Å². The maximum Gasteiger partial charge on any atom is 0.328 e. The van der Waals surface area contributed by atoms with Crippen LogP contribution in [0.25, 0.3) is 0 Å². The molecule has 1 aliphatic heterocycles. The molecule has 1 aromatic rings. The lowest BCUT2D eigenvalue weighted by atomic mass is 9.92. The van der Waals surface area contributed by atoms with Crippen molar-refractivity contribution in [3.8, 4) is 0 Å². The molecule has 1 saturated carbocycles. The van der Waals surface area contributed by atoms with E-state index in [9.17, 15) is 19.5 Å². The summed E-state index contributed by atoms with van der Waals surface area (Å²) in [6, 6.07) is 7.22. The molecule has 0 aromatic heterocycles. The van der Waals surface area contributed by atoms with Gasteiger partial charge in [0.25, 0.3) is 5.91 Å². The van der Waals surface area contributed by atoms with Gasteiger partial charge in [-0.2, -0.15) is 0 Å². The minimum atomic E-state index is -1.26. The third-order valence-corrected chi connectivity index (χ3v) is 6.05. The highest BCUT2D eigenvalue weighted by Crippen LogP contribution is 2.29. The topological polar surface area (TPSA) is 118 Å². The maximum atomic E-state index is 13.2. The van der Waals surface area contributed by atoms with Gasteiger partial charge in [0.2, 0.25) is 0 Å². The number of aliphatic carboxylic acids is 2. The summed E-state index contributed by atoms with van der Waals surface area (Å²) in [5.41, 5.74) is 0.659. The van der Waals surface area contributed by atoms with Crippen molar-refractivity contribution in [1.82, 2.24) is 9.80 Å². The highest BCUT2D eigenvalue weighted by atomic mass is 35.5. The van der Waals surface area contributed by atoms with E-state index in [1.807, 2.05) is 4.90 Å². The number of carboxylic acid groups (broad SMARTS) is 2. The molecule has 0 spiro atoms. The number of likely N-dealkylation sites (N-methyl/N-ethyl adjacent to an activating group) is 1. The molecule has 0 bridgehead atoms. The Bertz CT molecular complexity index is 791. The minimum absolute atomic E-state index is 0.0283. The number of likely N-dealkylation sites (tertiary alicyclic amines) is 1. The fourth-order valence-electron chi connectivity index (χ4n) is 4.21. The number of nitrogens with zero attached hydrogens (tertiary/aromatic N) is 2. The number of carbonyl (C=O) groups excluding carboxylic acids is 1. The quantitative estimate of drug-likeness (QED) is 0.551. The number of rotatable bonds is 6. The van der Waals surface area contributed by atoms with Gasteiger partial charge in [-0.1, -0.05) is 37.8 Å². The predicted octanol–water partition coefficient (Wildman–Crippen LogP) is 2.89. The molecule has 32 heavy (non-hydrogen) atoms. The van der Waals surface area contributed by atoms with E-state index in [0.29, 0.717) is 29.3 Å². The van der Waals surface area contributed by atoms with Crippen molar-refractivity contribution in [3.63, 3.8) is 0 Å². The number of carboxylic acids is 2. The van der Waals surface area contributed by atoms with Gasteiger partial charge in [0.15, 0.2) is 0 Å². The molecule has 2 aliphatic rings. The number of hydrogen-bond donors (Lipinski definition) is 3. The minimum Gasteiger partial charge on any atom is -0.478 e. The Morgan fingerprint density at radius 1 is 1.03 bits per heavy atom. The summed E-state index contributed by atoms with van der Waals surface area (Å²) >= 11 is 5.96. The van der Waals surface area contributed by atoms with Crippen LogP contribution in [0, 0.1) is 0 Å². The molecule has 176 valence electrons. The number of hydrogen-bond acceptors (Lipinski definition) is 5. The van der Waals surface area contributed by atoms with Crippen molar-refractivity contribution < 1.29 is 29.7 Å². The zero-order valence-electron chi connectivity index (χ0n) is 18.2. The molecule has 3 rings (SSSR count). The Morgan fingerprint density at radius 2 is 1.59 bits per heavy atom. The monoisotopic (exact) mass is 466 g/mol. The van der Waals surface area contributed by atoms with Crippen molar-refractivity contribution in [1.29, 1.82) is 0 Å². The van der Waals surface area contributed by atoms with Gasteiger partial charge in [-0.05, 0) is 43.7 Å². The van der Waals surface area contributed by atoms with E-state index in [1.165, 1.54) is 6.42 Å². The molecule has 2 unspecified atom stereocenters. The van der Waals surface area contributed by atoms with Crippen molar-refractivity contribution in [2.24, 2.45) is 0 Å². The van der Waals surface area contributed by atoms with Crippen molar-refractivity contribution >= 4 is 29.4 Å². The molecule has 1 amide bonds. The number of aliphatic hydroxyl groups excluding tert-OH is 1. The molecular weight excluding hydrogens is 436 g/mol. The highest BCUT2D eigenvalue weighted by Gasteiger charge is 2.40. The van der Waals surface area contributed by atoms with Gasteiger partial charge in [0.1, 0.15) is 0 Å². The zero-order chi connectivity index (χ0) is 23.7. The summed E-state index contributed by atoms with van der Waals surface area (Å²) < 4.78 is 0. The first-order chi connectivity index (χ1) is 15.2. The second-order valence-corrected chi connectivity index (χ2v) is 8.44. The lowest BCUT2D eigenvalue weighted by molar-refractivity contribution is -0.134. The van der Waals surface area contributed by atoms with E-state index in [2.05, 4.69) is 11.8 Å². The van der Waals surface area contributed by atoms with Crippen LogP contribution in [0.2, 0.25) is 5.02 Å². The fraction of sp³-hybridized carbons (Fsp3) is 0.522. The predicted molar refractivity (Wildman–Crippen MR) is 121 cm³/mol. The van der Waals surface area contributed by atoms with Crippen LogP contribution in [0.5, 0.6) is 0 Å². The number of β-amino-alcohol motifs (C(OH)–C–C–N with tert-alkyl or cyclic N) is 1. The Morgan fingerprint density at radius 3 is 2.06 bits per heavy atom. The maximum absolute atomic E-state index is 13.2. The van der Waals surface area contributed by atoms with Gasteiger partial charge in [-0.25, -0.2) is 9.59 Å². The molecule has 1 aromatic carbocycles. The van der Waals surface area contributed by atoms with Crippen LogP contribution in [0.15, 0.2) is 36.4 Å². The lowest BCUT2D eigenvalue weighted by Crippen LogP contribution is -2.52. The number of halogens is 1. The highest BCUT2D eigenvalue weighted by molar-refractivity contribution is 6.30. The Kier molecular flexibility index (Phi) is 10.2. The molecular formula is C23H31ClN2O6. The number of benzene rings is 1. The molecule has 9 heteroatoms. The van der Waals surface area contributed by atoms with Crippen LogP contribution in [-0.4, -0.2) is 80.8 Å². The summed E-state index contributed by atoms with van der Waals surface area (Å²) in [6.07, 6.45) is 6.29. The summed E-state index contributed by atoms with van der Waals surface area (Å²) in [5, 5.41) is 26.8. The Hall–Kier alpha value is -2.42. The van der Waals surface area contributed by atoms with E-state index < -0.39 is 18.0 Å². The molecule has 1 heterocycles. The van der Waals surface area contributed by atoms with Crippen LogP contribution < -0.4 is 0 Å². The Labute approximate surface area is 193 Å². The second-order valence-electron chi connectivity index (χ2n) is 8.01. The number of carbonyl (C=O) groups is 3. The number of amides is 1. The first-order valence-electron chi connectivity index (χ1n) is 10.9. The van der Waals surface area contributed by atoms with Crippen LogP contribution in [0.4, 0.5) is 0 Å². The van der Waals surface area contributed by atoms with Crippen LogP contribution in [-0.2, 0) is 9.59 Å². The summed E-state index contributed by atoms with van der Waals surface area (Å²) in [6.45, 7) is 4.41. The van der Waals surface area contributed by atoms with Crippen molar-refractivity contribution in [2.75, 3.05) is 19.6 Å². The summed E-state index contributed by atoms with van der Waals surface area (Å²) in [4.78, 5) is 36.6. The van der Waals surface area contributed by atoms with E-state index in [1.54, 1.807) is 24.3 Å². The lowest BCUT2D eigenvalue weighted by Gasteiger charge is -2.39. The first-order valence-corrected chi connectivity index (χ1v) is 11.2. The van der Waals surface area contributed by atoms with E-state index in [-0.39, 0.29) is 18.0 Å². The molecule has 3 N–H and O–H groups in total. The van der Waals surface area contributed by atoms with Gasteiger partial charge in [-0.3, -0.25) is 9.69 Å². The van der Waals surface area contributed by atoms with Gasteiger partial charge in [-0.15, -0.1) is 0 Å². The van der Waals surface area contributed by atoms with Crippen molar-refractivity contribution in [3.05, 3.63) is 47.0 Å². The second kappa shape index (κ2) is 12.6.